The lowest BCUT2D eigenvalue weighted by molar-refractivity contribution is 0.355. The first-order valence-electron chi connectivity index (χ1n) is 10.9. The Kier molecular flexibility index (Phi) is 6.32. The van der Waals surface area contributed by atoms with Crippen molar-refractivity contribution in [1.82, 2.24) is 24.1 Å². The van der Waals surface area contributed by atoms with E-state index in [1.807, 2.05) is 49.8 Å². The van der Waals surface area contributed by atoms with Gasteiger partial charge in [-0.2, -0.15) is 9.82 Å². The largest absolute Gasteiger partial charge is 0.587 e. The van der Waals surface area contributed by atoms with Crippen LogP contribution in [0.1, 0.15) is 5.69 Å². The first-order chi connectivity index (χ1) is 17.5. The Morgan fingerprint density at radius 3 is 2.44 bits per heavy atom. The molecule has 1 aromatic carbocycles. The third-order valence-electron chi connectivity index (χ3n) is 5.67. The van der Waals surface area contributed by atoms with Gasteiger partial charge in [-0.15, -0.1) is 0 Å². The molecule has 0 saturated carbocycles. The summed E-state index contributed by atoms with van der Waals surface area (Å²) in [4.78, 5) is 8.74. The summed E-state index contributed by atoms with van der Waals surface area (Å²) in [6.07, 6.45) is 9.81. The van der Waals surface area contributed by atoms with Crippen molar-refractivity contribution in [1.29, 1.82) is 5.41 Å². The van der Waals surface area contributed by atoms with Crippen LogP contribution in [0.5, 0.6) is 11.5 Å². The molecule has 36 heavy (non-hydrogen) atoms. The van der Waals surface area contributed by atoms with Crippen LogP contribution < -0.4 is 14.2 Å². The maximum Gasteiger partial charge on any atom is 0.276 e. The van der Waals surface area contributed by atoms with E-state index in [9.17, 15) is 4.55 Å². The Balaban J connectivity index is 1.49. The topological polar surface area (TPSA) is 125 Å². The maximum atomic E-state index is 13.4. The molecule has 0 aliphatic rings. The molecule has 0 bridgehead atoms. The van der Waals surface area contributed by atoms with Gasteiger partial charge in [-0.1, -0.05) is 6.07 Å². The molecule has 0 aliphatic carbocycles. The molecule has 10 nitrogen and oxygen atoms in total. The predicted molar refractivity (Wildman–Crippen MR) is 138 cm³/mol. The van der Waals surface area contributed by atoms with E-state index in [2.05, 4.69) is 19.8 Å². The Labute approximate surface area is 210 Å². The molecule has 5 aromatic rings. The summed E-state index contributed by atoms with van der Waals surface area (Å²) < 4.78 is 30.7. The number of anilines is 1. The number of pyridine rings is 2. The number of imidazole rings is 1. The molecule has 0 saturated heterocycles. The zero-order chi connectivity index (χ0) is 25.2. The highest BCUT2D eigenvalue weighted by molar-refractivity contribution is 7.92. The van der Waals surface area contributed by atoms with Gasteiger partial charge in [0.25, 0.3) is 5.03 Å². The molecule has 1 atom stereocenters. The monoisotopic (exact) mass is 501 g/mol. The fourth-order valence-electron chi connectivity index (χ4n) is 3.83. The fourth-order valence-corrected chi connectivity index (χ4v) is 4.78. The van der Waals surface area contributed by atoms with Crippen molar-refractivity contribution >= 4 is 28.9 Å². The minimum atomic E-state index is -1.68. The molecule has 4 aromatic heterocycles. The molecule has 11 heteroatoms. The Morgan fingerprint density at radius 1 is 0.917 bits per heavy atom. The summed E-state index contributed by atoms with van der Waals surface area (Å²) in [6.45, 7) is 0. The molecule has 5 rings (SSSR count). The summed E-state index contributed by atoms with van der Waals surface area (Å²) >= 11 is -1.68. The van der Waals surface area contributed by atoms with Crippen LogP contribution in [-0.2, 0) is 18.4 Å². The first-order valence-corrected chi connectivity index (χ1v) is 12.0. The third-order valence-corrected chi connectivity index (χ3v) is 6.76. The van der Waals surface area contributed by atoms with Gasteiger partial charge in [0.1, 0.15) is 34.6 Å². The summed E-state index contributed by atoms with van der Waals surface area (Å²) in [6, 6.07) is 11.3. The number of rotatable bonds is 8. The van der Waals surface area contributed by atoms with Gasteiger partial charge in [0.15, 0.2) is 11.5 Å². The second kappa shape index (κ2) is 9.72. The van der Waals surface area contributed by atoms with Crippen LogP contribution in [0.4, 0.5) is 5.69 Å². The van der Waals surface area contributed by atoms with Crippen LogP contribution in [0.2, 0.25) is 0 Å². The molecule has 0 aliphatic heterocycles. The lowest BCUT2D eigenvalue weighted by Gasteiger charge is -2.14. The summed E-state index contributed by atoms with van der Waals surface area (Å²) in [7, 11) is 5.02. The van der Waals surface area contributed by atoms with E-state index in [-0.39, 0.29) is 0 Å². The highest BCUT2D eigenvalue weighted by atomic mass is 32.2. The van der Waals surface area contributed by atoms with Gasteiger partial charge in [-0.05, 0) is 41.5 Å². The van der Waals surface area contributed by atoms with Crippen molar-refractivity contribution < 1.29 is 14.0 Å². The van der Waals surface area contributed by atoms with E-state index in [4.69, 9.17) is 14.9 Å². The molecule has 0 fully saturated rings. The van der Waals surface area contributed by atoms with E-state index in [0.717, 1.165) is 28.5 Å². The van der Waals surface area contributed by atoms with Gasteiger partial charge >= 0.3 is 0 Å². The van der Waals surface area contributed by atoms with Crippen molar-refractivity contribution in [3.05, 3.63) is 73.1 Å². The number of fused-ring (bicyclic) bond motifs is 1. The fraction of sp³-hybridized carbons (Fsp3) is 0.120. The first kappa shape index (κ1) is 23.4. The second-order valence-corrected chi connectivity index (χ2v) is 9.05. The minimum Gasteiger partial charge on any atom is -0.587 e. The molecule has 182 valence electrons. The van der Waals surface area contributed by atoms with Gasteiger partial charge in [-0.3, -0.25) is 14.1 Å². The normalized spacial score (nSPS) is 11.9. The van der Waals surface area contributed by atoms with Crippen LogP contribution in [-0.4, -0.2) is 49.1 Å². The predicted octanol–water partition coefficient (Wildman–Crippen LogP) is 3.95. The number of ether oxygens (including phenoxy) is 2. The number of methoxy groups -OCH3 is 2. The second-order valence-electron chi connectivity index (χ2n) is 7.89. The van der Waals surface area contributed by atoms with Crippen LogP contribution in [0.3, 0.4) is 0 Å². The standard InChI is InChI=1S/C25H23N7O3S/c1-31-14-19(12-29-31)18-8-20(21(10-26)27-11-18)30-36(33)25-13-28-24-7-5-17(15-32(24)25)16-4-6-22(34-2)23(9-16)35-3/h4-15,26,30H,1-3H3. The SMILES string of the molecule is COc1ccc(-c2ccc3ncc([S+]([O-])Nc4cc(-c5cnn(C)c5)cnc4C=N)n3c2)cc1OC. The van der Waals surface area contributed by atoms with Gasteiger partial charge in [0, 0.05) is 43.0 Å². The van der Waals surface area contributed by atoms with Crippen molar-refractivity contribution in [2.24, 2.45) is 7.05 Å². The van der Waals surface area contributed by atoms with Crippen molar-refractivity contribution in [2.45, 2.75) is 5.03 Å². The Morgan fingerprint density at radius 2 is 1.72 bits per heavy atom. The van der Waals surface area contributed by atoms with Crippen LogP contribution in [0, 0.1) is 5.41 Å². The van der Waals surface area contributed by atoms with Gasteiger partial charge in [0.2, 0.25) is 0 Å². The van der Waals surface area contributed by atoms with E-state index in [0.29, 0.717) is 33.6 Å². The molecule has 4 heterocycles. The molecule has 2 N–H and O–H groups in total. The number of aryl methyl sites for hydroxylation is 1. The third kappa shape index (κ3) is 4.37. The highest BCUT2D eigenvalue weighted by Crippen LogP contribution is 2.33. The number of aromatic nitrogens is 5. The minimum absolute atomic E-state index is 0.371. The molecule has 0 radical (unpaired) electrons. The van der Waals surface area contributed by atoms with Gasteiger partial charge < -0.3 is 19.4 Å². The number of hydrogen-bond acceptors (Lipinski definition) is 8. The lowest BCUT2D eigenvalue weighted by atomic mass is 10.1. The number of nitrogens with one attached hydrogen (secondary N) is 2. The average molecular weight is 502 g/mol. The lowest BCUT2D eigenvalue weighted by Crippen LogP contribution is -2.16. The van der Waals surface area contributed by atoms with Crippen LogP contribution in [0.15, 0.2) is 72.4 Å². The molecule has 0 amide bonds. The van der Waals surface area contributed by atoms with E-state index < -0.39 is 11.4 Å². The molecule has 0 spiro atoms. The van der Waals surface area contributed by atoms with Crippen LogP contribution >= 0.6 is 0 Å². The molecule has 1 unspecified atom stereocenters. The van der Waals surface area contributed by atoms with Crippen LogP contribution in [0.25, 0.3) is 27.9 Å². The summed E-state index contributed by atoms with van der Waals surface area (Å²) in [5.41, 5.74) is 4.95. The summed E-state index contributed by atoms with van der Waals surface area (Å²) in [5, 5.41) is 12.4. The number of hydrogen-bond donors (Lipinski definition) is 2. The zero-order valence-electron chi connectivity index (χ0n) is 19.8. The molecular weight excluding hydrogens is 478 g/mol. The van der Waals surface area contributed by atoms with E-state index in [1.54, 1.807) is 48.0 Å². The highest BCUT2D eigenvalue weighted by Gasteiger charge is 2.21. The number of benzene rings is 1. The molecular formula is C25H23N7O3S. The van der Waals surface area contributed by atoms with Gasteiger partial charge in [0.05, 0.1) is 20.4 Å². The Bertz CT molecular complexity index is 1560. The van der Waals surface area contributed by atoms with E-state index >= 15 is 0 Å². The Hall–Kier alpha value is -4.35. The van der Waals surface area contributed by atoms with E-state index in [1.165, 1.54) is 0 Å². The maximum absolute atomic E-state index is 13.4. The summed E-state index contributed by atoms with van der Waals surface area (Å²) in [5.74, 6) is 1.26. The van der Waals surface area contributed by atoms with Crippen molar-refractivity contribution in [3.8, 4) is 33.8 Å². The van der Waals surface area contributed by atoms with Crippen molar-refractivity contribution in [3.63, 3.8) is 0 Å². The van der Waals surface area contributed by atoms with Crippen molar-refractivity contribution in [2.75, 3.05) is 18.9 Å². The number of nitrogens with zero attached hydrogens (tertiary/aromatic N) is 5. The quantitative estimate of drug-likeness (QED) is 0.244. The van der Waals surface area contributed by atoms with Gasteiger partial charge in [-0.25, -0.2) is 4.98 Å². The smallest absolute Gasteiger partial charge is 0.276 e. The average Bonchev–Trinajstić information content (AvgIpc) is 3.54. The zero-order valence-corrected chi connectivity index (χ0v) is 20.6.